The Bertz CT molecular complexity index is 646. The molecule has 0 spiro atoms. The van der Waals surface area contributed by atoms with Gasteiger partial charge in [-0.3, -0.25) is 14.5 Å². The van der Waals surface area contributed by atoms with Gasteiger partial charge in [0.05, 0.1) is 6.42 Å². The lowest BCUT2D eigenvalue weighted by molar-refractivity contribution is -0.138. The van der Waals surface area contributed by atoms with Crippen molar-refractivity contribution in [1.29, 1.82) is 0 Å². The highest BCUT2D eigenvalue weighted by molar-refractivity contribution is 6.07. The molecule has 1 fully saturated rings. The molecule has 124 valence electrons. The van der Waals surface area contributed by atoms with Crippen LogP contribution in [0, 0.1) is 0 Å². The fraction of sp³-hybridized carbons (Fsp3) is 0.471. The molecule has 1 aromatic rings. The minimum absolute atomic E-state index is 0.00408. The first kappa shape index (κ1) is 17.0. The van der Waals surface area contributed by atoms with Crippen molar-refractivity contribution in [2.24, 2.45) is 0 Å². The number of aliphatic carboxylic acids is 1. The molecule has 0 saturated carbocycles. The summed E-state index contributed by atoms with van der Waals surface area (Å²) in [5.74, 6) is -1.47. The first-order chi connectivity index (χ1) is 10.6. The standard InChI is InChI=1S/C17H22N2O4/c1-16(2,3)11-5-7-12(8-6-11)17(4)14(22)19(15(23)18-17)10-9-13(20)21/h5-8H,9-10H2,1-4H3,(H,18,23)(H,20,21). The third kappa shape index (κ3) is 3.21. The number of nitrogens with one attached hydrogen (secondary N) is 1. The van der Waals surface area contributed by atoms with Crippen LogP contribution < -0.4 is 5.32 Å². The monoisotopic (exact) mass is 318 g/mol. The number of benzene rings is 1. The summed E-state index contributed by atoms with van der Waals surface area (Å²) < 4.78 is 0. The van der Waals surface area contributed by atoms with Crippen molar-refractivity contribution in [3.63, 3.8) is 0 Å². The molecule has 0 aromatic heterocycles. The minimum atomic E-state index is -1.16. The molecule has 1 heterocycles. The fourth-order valence-electron chi connectivity index (χ4n) is 2.61. The molecular weight excluding hydrogens is 296 g/mol. The zero-order valence-electron chi connectivity index (χ0n) is 13.8. The summed E-state index contributed by atoms with van der Waals surface area (Å²) in [6.45, 7) is 7.80. The number of carboxylic acid groups (broad SMARTS) is 1. The highest BCUT2D eigenvalue weighted by Crippen LogP contribution is 2.31. The second-order valence-electron chi connectivity index (χ2n) is 6.98. The van der Waals surface area contributed by atoms with Crippen molar-refractivity contribution in [3.05, 3.63) is 35.4 Å². The van der Waals surface area contributed by atoms with Gasteiger partial charge in [-0.1, -0.05) is 45.0 Å². The van der Waals surface area contributed by atoms with Crippen LogP contribution in [-0.4, -0.2) is 34.5 Å². The number of carboxylic acids is 1. The molecule has 6 heteroatoms. The summed E-state index contributed by atoms with van der Waals surface area (Å²) >= 11 is 0. The molecule has 2 N–H and O–H groups in total. The first-order valence-corrected chi connectivity index (χ1v) is 7.52. The maximum Gasteiger partial charge on any atom is 0.325 e. The van der Waals surface area contributed by atoms with Gasteiger partial charge in [-0.25, -0.2) is 4.79 Å². The Morgan fingerprint density at radius 2 is 1.78 bits per heavy atom. The molecule has 23 heavy (non-hydrogen) atoms. The van der Waals surface area contributed by atoms with Crippen LogP contribution >= 0.6 is 0 Å². The molecule has 1 aromatic carbocycles. The molecule has 6 nitrogen and oxygen atoms in total. The number of carbonyl (C=O) groups is 3. The Labute approximate surface area is 135 Å². The Morgan fingerprint density at radius 1 is 1.22 bits per heavy atom. The number of hydrogen-bond acceptors (Lipinski definition) is 3. The zero-order chi connectivity index (χ0) is 17.4. The Kier molecular flexibility index (Phi) is 4.20. The lowest BCUT2D eigenvalue weighted by atomic mass is 9.84. The molecule has 1 atom stereocenters. The second-order valence-corrected chi connectivity index (χ2v) is 6.98. The van der Waals surface area contributed by atoms with Gasteiger partial charge in [-0.05, 0) is 23.5 Å². The number of hydrogen-bond donors (Lipinski definition) is 2. The Hall–Kier alpha value is -2.37. The van der Waals surface area contributed by atoms with Crippen molar-refractivity contribution in [2.75, 3.05) is 6.54 Å². The minimum Gasteiger partial charge on any atom is -0.481 e. The van der Waals surface area contributed by atoms with Crippen LogP contribution in [0.5, 0.6) is 0 Å². The SMILES string of the molecule is CC(C)(C)c1ccc(C2(C)NC(=O)N(CCC(=O)O)C2=O)cc1. The van der Waals surface area contributed by atoms with Crippen LogP contribution in [0.25, 0.3) is 0 Å². The maximum atomic E-state index is 12.6. The molecule has 1 unspecified atom stereocenters. The number of amides is 3. The van der Waals surface area contributed by atoms with Gasteiger partial charge >= 0.3 is 12.0 Å². The smallest absolute Gasteiger partial charge is 0.325 e. The van der Waals surface area contributed by atoms with E-state index in [-0.39, 0.29) is 18.4 Å². The van der Waals surface area contributed by atoms with Crippen LogP contribution in [0.2, 0.25) is 0 Å². The van der Waals surface area contributed by atoms with Crippen LogP contribution in [0.15, 0.2) is 24.3 Å². The summed E-state index contributed by atoms with van der Waals surface area (Å²) in [4.78, 5) is 36.2. The molecule has 0 bridgehead atoms. The van der Waals surface area contributed by atoms with Gasteiger partial charge in [-0.15, -0.1) is 0 Å². The van der Waals surface area contributed by atoms with Gasteiger partial charge in [-0.2, -0.15) is 0 Å². The number of nitrogens with zero attached hydrogens (tertiary/aromatic N) is 1. The van der Waals surface area contributed by atoms with Crippen molar-refractivity contribution in [2.45, 2.75) is 45.1 Å². The van der Waals surface area contributed by atoms with Crippen molar-refractivity contribution < 1.29 is 19.5 Å². The molecule has 1 saturated heterocycles. The van der Waals surface area contributed by atoms with Gasteiger partial charge in [0.15, 0.2) is 0 Å². The van der Waals surface area contributed by atoms with Crippen LogP contribution in [-0.2, 0) is 20.5 Å². The molecule has 0 radical (unpaired) electrons. The highest BCUT2D eigenvalue weighted by Gasteiger charge is 2.48. The van der Waals surface area contributed by atoms with Crippen LogP contribution in [0.1, 0.15) is 45.2 Å². The van der Waals surface area contributed by atoms with Crippen LogP contribution in [0.3, 0.4) is 0 Å². The van der Waals surface area contributed by atoms with E-state index in [9.17, 15) is 14.4 Å². The number of carbonyl (C=O) groups excluding carboxylic acids is 2. The van der Waals surface area contributed by atoms with Crippen LogP contribution in [0.4, 0.5) is 4.79 Å². The molecule has 2 rings (SSSR count). The van der Waals surface area contributed by atoms with E-state index in [4.69, 9.17) is 5.11 Å². The largest absolute Gasteiger partial charge is 0.481 e. The quantitative estimate of drug-likeness (QED) is 0.833. The van der Waals surface area contributed by atoms with E-state index in [2.05, 4.69) is 26.1 Å². The average molecular weight is 318 g/mol. The molecule has 3 amide bonds. The highest BCUT2D eigenvalue weighted by atomic mass is 16.4. The van der Waals surface area contributed by atoms with E-state index in [1.54, 1.807) is 6.92 Å². The third-order valence-corrected chi connectivity index (χ3v) is 4.15. The molecule has 1 aliphatic heterocycles. The van der Waals surface area contributed by atoms with E-state index in [0.717, 1.165) is 10.5 Å². The Morgan fingerprint density at radius 3 is 2.26 bits per heavy atom. The third-order valence-electron chi connectivity index (χ3n) is 4.15. The van der Waals surface area contributed by atoms with Gasteiger partial charge in [0.2, 0.25) is 0 Å². The summed E-state index contributed by atoms with van der Waals surface area (Å²) in [6, 6.07) is 7.00. The summed E-state index contributed by atoms with van der Waals surface area (Å²) in [5.41, 5.74) is 0.646. The van der Waals surface area contributed by atoms with Gasteiger partial charge in [0.25, 0.3) is 5.91 Å². The zero-order valence-corrected chi connectivity index (χ0v) is 13.8. The lowest BCUT2D eigenvalue weighted by Gasteiger charge is -2.24. The topological polar surface area (TPSA) is 86.7 Å². The normalized spacial score (nSPS) is 21.5. The van der Waals surface area contributed by atoms with Gasteiger partial charge in [0.1, 0.15) is 5.54 Å². The number of rotatable bonds is 4. The van der Waals surface area contributed by atoms with E-state index in [1.165, 1.54) is 0 Å². The average Bonchev–Trinajstić information content (AvgIpc) is 2.67. The molecule has 0 aliphatic carbocycles. The molecular formula is C17H22N2O4. The predicted molar refractivity (Wildman–Crippen MR) is 85.0 cm³/mol. The van der Waals surface area contributed by atoms with Gasteiger partial charge < -0.3 is 10.4 Å². The lowest BCUT2D eigenvalue weighted by Crippen LogP contribution is -2.41. The molecule has 1 aliphatic rings. The first-order valence-electron chi connectivity index (χ1n) is 7.52. The summed E-state index contributed by atoms with van der Waals surface area (Å²) in [6.07, 6.45) is -0.266. The predicted octanol–water partition coefficient (Wildman–Crippen LogP) is 2.23. The second kappa shape index (κ2) is 5.68. The number of imide groups is 1. The van der Waals surface area contributed by atoms with Gasteiger partial charge in [0, 0.05) is 6.54 Å². The van der Waals surface area contributed by atoms with Crippen molar-refractivity contribution >= 4 is 17.9 Å². The Balaban J connectivity index is 2.26. The van der Waals surface area contributed by atoms with E-state index in [1.807, 2.05) is 24.3 Å². The van der Waals surface area contributed by atoms with Crippen molar-refractivity contribution in [1.82, 2.24) is 10.2 Å². The van der Waals surface area contributed by atoms with E-state index < -0.39 is 23.4 Å². The van der Waals surface area contributed by atoms with E-state index in [0.29, 0.717) is 5.56 Å². The van der Waals surface area contributed by atoms with Crippen molar-refractivity contribution in [3.8, 4) is 0 Å². The summed E-state index contributed by atoms with van der Waals surface area (Å²) in [5, 5.41) is 11.4. The van der Waals surface area contributed by atoms with E-state index >= 15 is 0 Å². The maximum absolute atomic E-state index is 12.6. The fourth-order valence-corrected chi connectivity index (χ4v) is 2.61. The number of urea groups is 1. The summed E-state index contributed by atoms with van der Waals surface area (Å²) in [7, 11) is 0.